The van der Waals surface area contributed by atoms with E-state index in [1.165, 1.54) is 0 Å². The Morgan fingerprint density at radius 1 is 1.19 bits per heavy atom. The predicted octanol–water partition coefficient (Wildman–Crippen LogP) is 3.90. The highest BCUT2D eigenvalue weighted by Gasteiger charge is 2.13. The van der Waals surface area contributed by atoms with Gasteiger partial charge in [0.05, 0.1) is 25.8 Å². The average Bonchev–Trinajstić information content (AvgIpc) is 3.27. The monoisotopic (exact) mass is 442 g/mol. The first kappa shape index (κ1) is 25.2. The Balaban J connectivity index is 2.09. The first-order valence-corrected chi connectivity index (χ1v) is 11.5. The first-order valence-electron chi connectivity index (χ1n) is 11.5. The van der Waals surface area contributed by atoms with E-state index in [0.717, 1.165) is 54.7 Å². The second-order valence-electron chi connectivity index (χ2n) is 7.46. The van der Waals surface area contributed by atoms with Gasteiger partial charge in [-0.2, -0.15) is 0 Å². The molecule has 0 saturated heterocycles. The van der Waals surface area contributed by atoms with Crippen molar-refractivity contribution in [2.45, 2.75) is 59.5 Å². The quantitative estimate of drug-likeness (QED) is 0.262. The second-order valence-corrected chi connectivity index (χ2v) is 7.46. The molecule has 0 spiro atoms. The minimum Gasteiger partial charge on any atom is -0.490 e. The molecule has 2 N–H and O–H groups in total. The lowest BCUT2D eigenvalue weighted by molar-refractivity contribution is 0.268. The van der Waals surface area contributed by atoms with E-state index in [2.05, 4.69) is 61.2 Å². The molecule has 1 heterocycles. The fourth-order valence-electron chi connectivity index (χ4n) is 3.07. The van der Waals surface area contributed by atoms with E-state index >= 15 is 0 Å². The number of aryl methyl sites for hydroxylation is 1. The molecule has 2 rings (SSSR count). The number of rotatable bonds is 14. The van der Waals surface area contributed by atoms with Gasteiger partial charge in [0.15, 0.2) is 17.5 Å². The summed E-state index contributed by atoms with van der Waals surface area (Å²) in [6.45, 7) is 15.4. The van der Waals surface area contributed by atoms with Crippen molar-refractivity contribution in [3.05, 3.63) is 48.6 Å². The van der Waals surface area contributed by atoms with Crippen LogP contribution in [0.3, 0.4) is 0 Å². The molecule has 8 nitrogen and oxygen atoms in total. The molecular weight excluding hydrogens is 404 g/mol. The van der Waals surface area contributed by atoms with Crippen LogP contribution >= 0.6 is 0 Å². The van der Waals surface area contributed by atoms with Gasteiger partial charge in [0.2, 0.25) is 0 Å². The minimum absolute atomic E-state index is 0.0244. The lowest BCUT2D eigenvalue weighted by Gasteiger charge is -2.20. The lowest BCUT2D eigenvalue weighted by atomic mass is 10.1. The summed E-state index contributed by atoms with van der Waals surface area (Å²) in [6.07, 6.45) is 6.31. The van der Waals surface area contributed by atoms with Crippen LogP contribution < -0.4 is 20.1 Å². The Kier molecular flexibility index (Phi) is 11.1. The van der Waals surface area contributed by atoms with E-state index in [0.29, 0.717) is 26.3 Å². The number of nitrogens with one attached hydrogen (secondary N) is 2. The average molecular weight is 443 g/mol. The molecule has 1 aromatic heterocycles. The topological polar surface area (TPSA) is 85.6 Å². The molecule has 0 amide bonds. The number of aliphatic imine (C=N–C) groups is 1. The second kappa shape index (κ2) is 14.1. The Morgan fingerprint density at radius 2 is 1.94 bits per heavy atom. The minimum atomic E-state index is 0.0244. The SMILES string of the molecule is C=CCNC(=NCCn1cnnc1CC)NC(C)c1ccc(OCCC)c(OCCC)c1. The van der Waals surface area contributed by atoms with Crippen LogP contribution in [0.5, 0.6) is 11.5 Å². The van der Waals surface area contributed by atoms with Crippen LogP contribution in [0.25, 0.3) is 0 Å². The van der Waals surface area contributed by atoms with Crippen molar-refractivity contribution in [2.75, 3.05) is 26.3 Å². The number of nitrogens with zero attached hydrogens (tertiary/aromatic N) is 4. The van der Waals surface area contributed by atoms with E-state index in [4.69, 9.17) is 14.5 Å². The maximum atomic E-state index is 5.95. The molecule has 0 aliphatic heterocycles. The molecule has 32 heavy (non-hydrogen) atoms. The predicted molar refractivity (Wildman–Crippen MR) is 129 cm³/mol. The largest absolute Gasteiger partial charge is 0.490 e. The molecule has 2 aromatic rings. The van der Waals surface area contributed by atoms with Gasteiger partial charge in [0.25, 0.3) is 0 Å². The number of benzene rings is 1. The van der Waals surface area contributed by atoms with E-state index in [-0.39, 0.29) is 6.04 Å². The van der Waals surface area contributed by atoms with Crippen molar-refractivity contribution in [1.82, 2.24) is 25.4 Å². The number of hydrogen-bond donors (Lipinski definition) is 2. The van der Waals surface area contributed by atoms with E-state index in [1.807, 2.05) is 22.8 Å². The number of hydrogen-bond acceptors (Lipinski definition) is 5. The fraction of sp³-hybridized carbons (Fsp3) is 0.542. The summed E-state index contributed by atoms with van der Waals surface area (Å²) in [6, 6.07) is 6.13. The van der Waals surface area contributed by atoms with Crippen molar-refractivity contribution in [3.63, 3.8) is 0 Å². The summed E-state index contributed by atoms with van der Waals surface area (Å²) in [7, 11) is 0. The van der Waals surface area contributed by atoms with Crippen molar-refractivity contribution in [2.24, 2.45) is 4.99 Å². The summed E-state index contributed by atoms with van der Waals surface area (Å²) in [5.74, 6) is 3.26. The highest BCUT2D eigenvalue weighted by molar-refractivity contribution is 5.80. The fourth-order valence-corrected chi connectivity index (χ4v) is 3.07. The van der Waals surface area contributed by atoms with Crippen molar-refractivity contribution in [1.29, 1.82) is 0 Å². The molecule has 0 radical (unpaired) electrons. The molecule has 8 heteroatoms. The molecule has 1 aromatic carbocycles. The number of ether oxygens (including phenoxy) is 2. The van der Waals surface area contributed by atoms with Gasteiger partial charge >= 0.3 is 0 Å². The van der Waals surface area contributed by atoms with Crippen LogP contribution in [-0.4, -0.2) is 47.0 Å². The zero-order valence-electron chi connectivity index (χ0n) is 19.9. The van der Waals surface area contributed by atoms with Crippen LogP contribution in [0.2, 0.25) is 0 Å². The van der Waals surface area contributed by atoms with Gasteiger partial charge in [-0.15, -0.1) is 16.8 Å². The Morgan fingerprint density at radius 3 is 2.62 bits per heavy atom. The highest BCUT2D eigenvalue weighted by atomic mass is 16.5. The standard InChI is InChI=1S/C24H38N6O2/c1-6-12-25-24(26-13-14-30-18-27-29-23(30)9-4)28-19(5)20-10-11-21(31-15-7-2)22(17-20)32-16-8-3/h6,10-11,17-19H,1,7-9,12-16H2,2-5H3,(H2,25,26,28). The van der Waals surface area contributed by atoms with E-state index in [1.54, 1.807) is 6.33 Å². The van der Waals surface area contributed by atoms with Crippen molar-refractivity contribution < 1.29 is 9.47 Å². The normalized spacial score (nSPS) is 12.3. The van der Waals surface area contributed by atoms with Gasteiger partial charge in [0, 0.05) is 19.5 Å². The Labute approximate surface area is 192 Å². The van der Waals surface area contributed by atoms with Crippen molar-refractivity contribution >= 4 is 5.96 Å². The molecule has 176 valence electrons. The summed E-state index contributed by atoms with van der Waals surface area (Å²) in [4.78, 5) is 4.72. The maximum absolute atomic E-state index is 5.95. The van der Waals surface area contributed by atoms with Crippen molar-refractivity contribution in [3.8, 4) is 11.5 Å². The zero-order valence-corrected chi connectivity index (χ0v) is 19.9. The summed E-state index contributed by atoms with van der Waals surface area (Å²) in [5, 5.41) is 14.9. The van der Waals surface area contributed by atoms with Crippen LogP contribution in [0.15, 0.2) is 42.2 Å². The molecule has 1 unspecified atom stereocenters. The molecule has 0 bridgehead atoms. The molecule has 0 fully saturated rings. The molecule has 1 atom stereocenters. The van der Waals surface area contributed by atoms with E-state index in [9.17, 15) is 0 Å². The van der Waals surface area contributed by atoms with Gasteiger partial charge in [-0.1, -0.05) is 32.9 Å². The third-order valence-electron chi connectivity index (χ3n) is 4.78. The summed E-state index contributed by atoms with van der Waals surface area (Å²) < 4.78 is 13.8. The van der Waals surface area contributed by atoms with E-state index < -0.39 is 0 Å². The maximum Gasteiger partial charge on any atom is 0.192 e. The summed E-state index contributed by atoms with van der Waals surface area (Å²) in [5.41, 5.74) is 1.10. The Hall–Kier alpha value is -3.03. The zero-order chi connectivity index (χ0) is 23.2. The molecule has 0 aliphatic rings. The highest BCUT2D eigenvalue weighted by Crippen LogP contribution is 2.31. The molecular formula is C24H38N6O2. The first-order chi connectivity index (χ1) is 15.6. The molecule has 0 saturated carbocycles. The van der Waals surface area contributed by atoms with Gasteiger partial charge < -0.3 is 24.7 Å². The lowest BCUT2D eigenvalue weighted by Crippen LogP contribution is -2.39. The number of aromatic nitrogens is 3. The van der Waals surface area contributed by atoms with Gasteiger partial charge in [-0.25, -0.2) is 0 Å². The smallest absolute Gasteiger partial charge is 0.192 e. The molecule has 0 aliphatic carbocycles. The number of guanidine groups is 1. The van der Waals surface area contributed by atoms with Gasteiger partial charge in [-0.05, 0) is 37.5 Å². The van der Waals surface area contributed by atoms with Crippen LogP contribution in [0.4, 0.5) is 0 Å². The third kappa shape index (κ3) is 7.90. The van der Waals surface area contributed by atoms with Gasteiger partial charge in [0.1, 0.15) is 12.2 Å². The van der Waals surface area contributed by atoms with Crippen LogP contribution in [-0.2, 0) is 13.0 Å². The van der Waals surface area contributed by atoms with Crippen LogP contribution in [0, 0.1) is 0 Å². The summed E-state index contributed by atoms with van der Waals surface area (Å²) >= 11 is 0. The van der Waals surface area contributed by atoms with Crippen LogP contribution in [0.1, 0.15) is 58.0 Å². The van der Waals surface area contributed by atoms with Gasteiger partial charge in [-0.3, -0.25) is 4.99 Å². The third-order valence-corrected chi connectivity index (χ3v) is 4.78. The Bertz CT molecular complexity index is 849.